The van der Waals surface area contributed by atoms with Gasteiger partial charge >= 0.3 is 0 Å². The maximum atomic E-state index is 12.1. The van der Waals surface area contributed by atoms with E-state index in [1.54, 1.807) is 0 Å². The number of H-pyrrole nitrogens is 2. The second-order valence-electron chi connectivity index (χ2n) is 4.81. The second kappa shape index (κ2) is 4.01. The zero-order valence-electron chi connectivity index (χ0n) is 10.8. The highest BCUT2D eigenvalue weighted by atomic mass is 16.1. The highest BCUT2D eigenvalue weighted by Gasteiger charge is 2.16. The van der Waals surface area contributed by atoms with Crippen molar-refractivity contribution in [3.8, 4) is 5.95 Å². The van der Waals surface area contributed by atoms with Crippen LogP contribution in [0.2, 0.25) is 0 Å². The van der Waals surface area contributed by atoms with E-state index in [0.29, 0.717) is 5.95 Å². The number of anilines is 1. The van der Waals surface area contributed by atoms with E-state index < -0.39 is 0 Å². The lowest BCUT2D eigenvalue weighted by molar-refractivity contribution is 0.740. The lowest BCUT2D eigenvalue weighted by atomic mass is 10.1. The minimum Gasteiger partial charge on any atom is -0.393 e. The molecular formula is C13H15N5O. The number of nitrogens with two attached hydrogens (primary N) is 1. The number of para-hydroxylation sites is 2. The maximum absolute atomic E-state index is 12.1. The molecule has 0 atom stereocenters. The fraction of sp³-hybridized carbons (Fsp3) is 0.231. The van der Waals surface area contributed by atoms with Gasteiger partial charge in [-0.1, -0.05) is 26.0 Å². The van der Waals surface area contributed by atoms with Crippen LogP contribution in [0.25, 0.3) is 17.0 Å². The molecule has 2 aromatic heterocycles. The summed E-state index contributed by atoms with van der Waals surface area (Å²) in [6.45, 7) is 3.95. The lowest BCUT2D eigenvalue weighted by Crippen LogP contribution is -2.17. The van der Waals surface area contributed by atoms with Crippen molar-refractivity contribution in [2.45, 2.75) is 19.8 Å². The molecule has 0 saturated heterocycles. The average molecular weight is 257 g/mol. The van der Waals surface area contributed by atoms with Gasteiger partial charge in [-0.25, -0.2) is 4.98 Å². The Balaban J connectivity index is 2.21. The monoisotopic (exact) mass is 257 g/mol. The molecule has 0 unspecified atom stereocenters. The summed E-state index contributed by atoms with van der Waals surface area (Å²) in [6.07, 6.45) is 0. The molecular weight excluding hydrogens is 242 g/mol. The van der Waals surface area contributed by atoms with Crippen LogP contribution < -0.4 is 11.3 Å². The largest absolute Gasteiger partial charge is 0.393 e. The Hall–Kier alpha value is -2.50. The van der Waals surface area contributed by atoms with Gasteiger partial charge in [0.1, 0.15) is 5.69 Å². The first-order valence-electron chi connectivity index (χ1n) is 6.13. The Morgan fingerprint density at radius 3 is 2.68 bits per heavy atom. The summed E-state index contributed by atoms with van der Waals surface area (Å²) < 4.78 is 1.35. The number of imidazole rings is 1. The molecule has 1 aromatic carbocycles. The molecule has 3 aromatic rings. The van der Waals surface area contributed by atoms with E-state index in [4.69, 9.17) is 5.73 Å². The average Bonchev–Trinajstić information content (AvgIpc) is 2.92. The summed E-state index contributed by atoms with van der Waals surface area (Å²) in [5.74, 6) is 0.600. The first-order chi connectivity index (χ1) is 9.08. The highest BCUT2D eigenvalue weighted by molar-refractivity contribution is 5.75. The molecule has 2 heterocycles. The third-order valence-electron chi connectivity index (χ3n) is 3.12. The SMILES string of the molecule is CC(C)c1[nH]n(-c2nc3ccccc3[nH]2)c(=O)c1N. The molecule has 0 aliphatic carbocycles. The number of hydrogen-bond acceptors (Lipinski definition) is 3. The number of aromatic amines is 2. The number of hydrogen-bond donors (Lipinski definition) is 3. The smallest absolute Gasteiger partial charge is 0.297 e. The number of benzene rings is 1. The molecule has 6 heteroatoms. The molecule has 0 aliphatic rings. The van der Waals surface area contributed by atoms with Gasteiger partial charge in [0.05, 0.1) is 16.7 Å². The maximum Gasteiger partial charge on any atom is 0.297 e. The van der Waals surface area contributed by atoms with E-state index in [2.05, 4.69) is 15.1 Å². The molecule has 0 spiro atoms. The van der Waals surface area contributed by atoms with Gasteiger partial charge in [-0.05, 0) is 18.1 Å². The highest BCUT2D eigenvalue weighted by Crippen LogP contribution is 2.18. The Kier molecular flexibility index (Phi) is 2.45. The van der Waals surface area contributed by atoms with Crippen molar-refractivity contribution < 1.29 is 0 Å². The third-order valence-corrected chi connectivity index (χ3v) is 3.12. The second-order valence-corrected chi connectivity index (χ2v) is 4.81. The van der Waals surface area contributed by atoms with E-state index in [9.17, 15) is 4.79 Å². The van der Waals surface area contributed by atoms with Gasteiger partial charge in [0.15, 0.2) is 0 Å². The Bertz CT molecular complexity index is 760. The molecule has 0 radical (unpaired) electrons. The summed E-state index contributed by atoms with van der Waals surface area (Å²) in [5.41, 5.74) is 8.21. The molecule has 4 N–H and O–H groups in total. The molecule has 0 bridgehead atoms. The number of nitrogens with one attached hydrogen (secondary N) is 2. The fourth-order valence-electron chi connectivity index (χ4n) is 2.10. The molecule has 98 valence electrons. The number of nitrogens with zero attached hydrogens (tertiary/aromatic N) is 2. The first kappa shape index (κ1) is 11.6. The molecule has 0 amide bonds. The zero-order valence-corrected chi connectivity index (χ0v) is 10.8. The van der Waals surface area contributed by atoms with Gasteiger partial charge < -0.3 is 10.7 Å². The van der Waals surface area contributed by atoms with Crippen LogP contribution in [0.15, 0.2) is 29.1 Å². The number of aromatic nitrogens is 4. The van der Waals surface area contributed by atoms with E-state index in [-0.39, 0.29) is 17.2 Å². The van der Waals surface area contributed by atoms with Gasteiger partial charge in [0, 0.05) is 0 Å². The van der Waals surface area contributed by atoms with E-state index >= 15 is 0 Å². The predicted molar refractivity (Wildman–Crippen MR) is 74.5 cm³/mol. The summed E-state index contributed by atoms with van der Waals surface area (Å²) in [7, 11) is 0. The van der Waals surface area contributed by atoms with Crippen molar-refractivity contribution in [3.05, 3.63) is 40.3 Å². The van der Waals surface area contributed by atoms with Crippen molar-refractivity contribution in [1.82, 2.24) is 19.7 Å². The van der Waals surface area contributed by atoms with Crippen molar-refractivity contribution in [3.63, 3.8) is 0 Å². The van der Waals surface area contributed by atoms with E-state index in [1.165, 1.54) is 4.68 Å². The van der Waals surface area contributed by atoms with Gasteiger partial charge in [0.2, 0.25) is 5.95 Å². The van der Waals surface area contributed by atoms with Crippen molar-refractivity contribution >= 4 is 16.7 Å². The lowest BCUT2D eigenvalue weighted by Gasteiger charge is -2.01. The van der Waals surface area contributed by atoms with Gasteiger partial charge in [0.25, 0.3) is 5.56 Å². The fourth-order valence-corrected chi connectivity index (χ4v) is 2.10. The summed E-state index contributed by atoms with van der Waals surface area (Å²) in [5, 5.41) is 3.01. The van der Waals surface area contributed by atoms with Crippen LogP contribution in [0.3, 0.4) is 0 Å². The van der Waals surface area contributed by atoms with Crippen LogP contribution in [-0.2, 0) is 0 Å². The van der Waals surface area contributed by atoms with E-state index in [1.807, 2.05) is 38.1 Å². The van der Waals surface area contributed by atoms with Crippen LogP contribution >= 0.6 is 0 Å². The molecule has 19 heavy (non-hydrogen) atoms. The van der Waals surface area contributed by atoms with E-state index in [0.717, 1.165) is 16.7 Å². The van der Waals surface area contributed by atoms with Crippen LogP contribution in [0.4, 0.5) is 5.69 Å². The number of rotatable bonds is 2. The Morgan fingerprint density at radius 2 is 2.05 bits per heavy atom. The van der Waals surface area contributed by atoms with Crippen LogP contribution in [0.5, 0.6) is 0 Å². The van der Waals surface area contributed by atoms with Gasteiger partial charge in [-0.3, -0.25) is 9.89 Å². The zero-order chi connectivity index (χ0) is 13.6. The van der Waals surface area contributed by atoms with Crippen LogP contribution in [-0.4, -0.2) is 19.7 Å². The molecule has 0 aliphatic heterocycles. The van der Waals surface area contributed by atoms with Crippen molar-refractivity contribution in [1.29, 1.82) is 0 Å². The predicted octanol–water partition coefficient (Wildman–Crippen LogP) is 1.75. The number of nitrogen functional groups attached to an aromatic ring is 1. The molecule has 6 nitrogen and oxygen atoms in total. The third kappa shape index (κ3) is 1.72. The Labute approximate surface area is 109 Å². The topological polar surface area (TPSA) is 92.5 Å². The van der Waals surface area contributed by atoms with Gasteiger partial charge in [-0.15, -0.1) is 0 Å². The normalized spacial score (nSPS) is 11.5. The van der Waals surface area contributed by atoms with Gasteiger partial charge in [-0.2, -0.15) is 4.68 Å². The van der Waals surface area contributed by atoms with Crippen LogP contribution in [0, 0.1) is 0 Å². The molecule has 0 fully saturated rings. The first-order valence-corrected chi connectivity index (χ1v) is 6.13. The molecule has 0 saturated carbocycles. The number of fused-ring (bicyclic) bond motifs is 1. The summed E-state index contributed by atoms with van der Waals surface area (Å²) in [4.78, 5) is 19.6. The summed E-state index contributed by atoms with van der Waals surface area (Å²) in [6, 6.07) is 7.61. The van der Waals surface area contributed by atoms with Crippen LogP contribution in [0.1, 0.15) is 25.5 Å². The molecule has 3 rings (SSSR count). The minimum atomic E-state index is -0.275. The van der Waals surface area contributed by atoms with Crippen molar-refractivity contribution in [2.75, 3.05) is 5.73 Å². The minimum absolute atomic E-state index is 0.151. The quantitative estimate of drug-likeness (QED) is 0.653. The van der Waals surface area contributed by atoms with Crippen molar-refractivity contribution in [2.24, 2.45) is 0 Å². The Morgan fingerprint density at radius 1 is 1.32 bits per heavy atom. The summed E-state index contributed by atoms with van der Waals surface area (Å²) >= 11 is 0. The standard InChI is InChI=1S/C13H15N5O/c1-7(2)11-10(14)12(19)18(17-11)13-15-8-5-3-4-6-9(8)16-13/h3-7,17H,14H2,1-2H3,(H,15,16).